The molecule has 5 rings (SSSR count). The zero-order valence-corrected chi connectivity index (χ0v) is 13.5. The zero-order valence-electron chi connectivity index (χ0n) is 12.7. The number of nitrogens with zero attached hydrogens (tertiary/aromatic N) is 2. The first kappa shape index (κ1) is 13.6. The van der Waals surface area contributed by atoms with Crippen LogP contribution in [0.15, 0.2) is 47.8 Å². The van der Waals surface area contributed by atoms with Crippen LogP contribution in [0.1, 0.15) is 10.8 Å². The molecule has 3 heterocycles. The molecule has 0 fully saturated rings. The van der Waals surface area contributed by atoms with Crippen molar-refractivity contribution in [3.8, 4) is 22.8 Å². The van der Waals surface area contributed by atoms with Crippen molar-refractivity contribution in [1.29, 1.82) is 0 Å². The van der Waals surface area contributed by atoms with E-state index in [0.29, 0.717) is 6.42 Å². The number of nitrogens with one attached hydrogen (secondary N) is 1. The summed E-state index contributed by atoms with van der Waals surface area (Å²) in [5.41, 5.74) is 4.02. The summed E-state index contributed by atoms with van der Waals surface area (Å²) in [4.78, 5) is 12.7. The molecule has 0 saturated carbocycles. The number of imidazole rings is 1. The molecule has 0 radical (unpaired) electrons. The highest BCUT2D eigenvalue weighted by molar-refractivity contribution is 7.10. The fourth-order valence-electron chi connectivity index (χ4n) is 2.81. The Morgan fingerprint density at radius 1 is 1.04 bits per heavy atom. The lowest BCUT2D eigenvalue weighted by atomic mass is 10.1. The zero-order chi connectivity index (χ0) is 15.9. The van der Waals surface area contributed by atoms with E-state index in [4.69, 9.17) is 14.5 Å². The van der Waals surface area contributed by atoms with Crippen LogP contribution < -0.4 is 9.47 Å². The Balaban J connectivity index is 1.42. The molecule has 0 amide bonds. The van der Waals surface area contributed by atoms with E-state index in [0.717, 1.165) is 44.6 Å². The van der Waals surface area contributed by atoms with Gasteiger partial charge in [0.25, 0.3) is 0 Å². The number of thiazole rings is 1. The van der Waals surface area contributed by atoms with Crippen LogP contribution >= 0.6 is 11.3 Å². The van der Waals surface area contributed by atoms with Crippen molar-refractivity contribution in [2.45, 2.75) is 6.42 Å². The number of para-hydroxylation sites is 2. The van der Waals surface area contributed by atoms with Gasteiger partial charge < -0.3 is 14.5 Å². The van der Waals surface area contributed by atoms with Crippen molar-refractivity contribution in [1.82, 2.24) is 15.0 Å². The van der Waals surface area contributed by atoms with E-state index < -0.39 is 0 Å². The molecule has 0 spiro atoms. The average molecular weight is 335 g/mol. The molecule has 0 aliphatic carbocycles. The van der Waals surface area contributed by atoms with E-state index in [1.807, 2.05) is 42.5 Å². The van der Waals surface area contributed by atoms with E-state index in [-0.39, 0.29) is 6.79 Å². The second kappa shape index (κ2) is 5.35. The van der Waals surface area contributed by atoms with Gasteiger partial charge in [0.05, 0.1) is 23.1 Å². The molecule has 4 aromatic rings. The first-order valence-electron chi connectivity index (χ1n) is 7.63. The topological polar surface area (TPSA) is 60.0 Å². The van der Waals surface area contributed by atoms with Gasteiger partial charge in [-0.25, -0.2) is 9.97 Å². The second-order valence-electron chi connectivity index (χ2n) is 5.57. The Bertz CT molecular complexity index is 1000. The minimum atomic E-state index is 0.285. The lowest BCUT2D eigenvalue weighted by Gasteiger charge is -1.99. The van der Waals surface area contributed by atoms with Gasteiger partial charge in [0.15, 0.2) is 11.5 Å². The quantitative estimate of drug-likeness (QED) is 0.614. The van der Waals surface area contributed by atoms with E-state index in [1.54, 1.807) is 11.3 Å². The summed E-state index contributed by atoms with van der Waals surface area (Å²) in [5.74, 6) is 2.50. The first-order valence-corrected chi connectivity index (χ1v) is 8.51. The highest BCUT2D eigenvalue weighted by atomic mass is 32.1. The van der Waals surface area contributed by atoms with Gasteiger partial charge in [-0.1, -0.05) is 12.1 Å². The van der Waals surface area contributed by atoms with Crippen molar-refractivity contribution >= 4 is 22.4 Å². The molecule has 5 nitrogen and oxygen atoms in total. The number of benzene rings is 2. The fraction of sp³-hybridized carbons (Fsp3) is 0.111. The van der Waals surface area contributed by atoms with Crippen LogP contribution in [0.4, 0.5) is 0 Å². The molecule has 0 atom stereocenters. The number of hydrogen-bond acceptors (Lipinski definition) is 5. The maximum absolute atomic E-state index is 5.44. The molecule has 2 aromatic heterocycles. The Morgan fingerprint density at radius 3 is 2.92 bits per heavy atom. The SMILES string of the molecule is c1ccc2[nH]c(Cc3nc(-c4ccc5c(c4)OCO5)cs3)nc2c1. The highest BCUT2D eigenvalue weighted by Gasteiger charge is 2.15. The number of H-pyrrole nitrogens is 1. The van der Waals surface area contributed by atoms with Crippen LogP contribution in [0, 0.1) is 0 Å². The van der Waals surface area contributed by atoms with Crippen molar-refractivity contribution in [3.05, 3.63) is 58.7 Å². The summed E-state index contributed by atoms with van der Waals surface area (Å²) in [5, 5.41) is 3.09. The molecular formula is C18H13N3O2S. The molecule has 1 aliphatic rings. The molecule has 0 saturated heterocycles. The van der Waals surface area contributed by atoms with Crippen LogP contribution in [-0.2, 0) is 6.42 Å². The third-order valence-corrected chi connectivity index (χ3v) is 4.83. The second-order valence-corrected chi connectivity index (χ2v) is 6.51. The maximum Gasteiger partial charge on any atom is 0.231 e. The Labute approximate surface area is 141 Å². The van der Waals surface area contributed by atoms with Crippen molar-refractivity contribution < 1.29 is 9.47 Å². The first-order chi connectivity index (χ1) is 11.8. The van der Waals surface area contributed by atoms with Crippen LogP contribution in [0.25, 0.3) is 22.3 Å². The van der Waals surface area contributed by atoms with Gasteiger partial charge in [-0.2, -0.15) is 0 Å². The van der Waals surface area contributed by atoms with Crippen LogP contribution in [-0.4, -0.2) is 21.7 Å². The monoisotopic (exact) mass is 335 g/mol. The van der Waals surface area contributed by atoms with E-state index >= 15 is 0 Å². The van der Waals surface area contributed by atoms with Gasteiger partial charge in [0, 0.05) is 10.9 Å². The van der Waals surface area contributed by atoms with E-state index in [2.05, 4.69) is 15.3 Å². The Morgan fingerprint density at radius 2 is 1.96 bits per heavy atom. The van der Waals surface area contributed by atoms with Gasteiger partial charge in [0.1, 0.15) is 10.8 Å². The van der Waals surface area contributed by atoms with Crippen molar-refractivity contribution in [2.75, 3.05) is 6.79 Å². The molecule has 1 aliphatic heterocycles. The lowest BCUT2D eigenvalue weighted by molar-refractivity contribution is 0.174. The molecule has 0 unspecified atom stereocenters. The van der Waals surface area contributed by atoms with Gasteiger partial charge in [-0.3, -0.25) is 0 Å². The normalized spacial score (nSPS) is 12.8. The molecule has 2 aromatic carbocycles. The van der Waals surface area contributed by atoms with E-state index in [1.165, 1.54) is 0 Å². The molecular weight excluding hydrogens is 322 g/mol. The van der Waals surface area contributed by atoms with E-state index in [9.17, 15) is 0 Å². The molecule has 6 heteroatoms. The third kappa shape index (κ3) is 2.32. The van der Waals surface area contributed by atoms with Crippen molar-refractivity contribution in [2.24, 2.45) is 0 Å². The molecule has 1 N–H and O–H groups in total. The maximum atomic E-state index is 5.44. The fourth-order valence-corrected chi connectivity index (χ4v) is 3.62. The van der Waals surface area contributed by atoms with Crippen LogP contribution in [0.5, 0.6) is 11.5 Å². The number of aromatic nitrogens is 3. The molecule has 0 bridgehead atoms. The summed E-state index contributed by atoms with van der Waals surface area (Å²) < 4.78 is 10.8. The number of ether oxygens (including phenoxy) is 2. The van der Waals surface area contributed by atoms with Crippen LogP contribution in [0.2, 0.25) is 0 Å². The summed E-state index contributed by atoms with van der Waals surface area (Å²) in [6.07, 6.45) is 0.698. The van der Waals surface area contributed by atoms with Gasteiger partial charge in [-0.05, 0) is 30.3 Å². The van der Waals surface area contributed by atoms with Gasteiger partial charge in [-0.15, -0.1) is 11.3 Å². The van der Waals surface area contributed by atoms with Gasteiger partial charge in [0.2, 0.25) is 6.79 Å². The van der Waals surface area contributed by atoms with Crippen LogP contribution in [0.3, 0.4) is 0 Å². The lowest BCUT2D eigenvalue weighted by Crippen LogP contribution is -1.92. The van der Waals surface area contributed by atoms with Gasteiger partial charge >= 0.3 is 0 Å². The standard InChI is InChI=1S/C18H13N3O2S/c1-2-4-13-12(3-1)19-17(20-13)8-18-21-14(9-24-18)11-5-6-15-16(7-11)23-10-22-15/h1-7,9H,8,10H2,(H,19,20). The minimum Gasteiger partial charge on any atom is -0.454 e. The number of rotatable bonds is 3. The number of fused-ring (bicyclic) bond motifs is 2. The minimum absolute atomic E-state index is 0.285. The largest absolute Gasteiger partial charge is 0.454 e. The Hall–Kier alpha value is -2.86. The summed E-state index contributed by atoms with van der Waals surface area (Å²) in [6, 6.07) is 14.0. The smallest absolute Gasteiger partial charge is 0.231 e. The molecule has 118 valence electrons. The average Bonchev–Trinajstić information content (AvgIpc) is 3.33. The summed E-state index contributed by atoms with van der Waals surface area (Å²) in [7, 11) is 0. The summed E-state index contributed by atoms with van der Waals surface area (Å²) in [6.45, 7) is 0.285. The number of hydrogen-bond donors (Lipinski definition) is 1. The Kier molecular flexibility index (Phi) is 3.02. The third-order valence-electron chi connectivity index (χ3n) is 3.98. The predicted octanol–water partition coefficient (Wildman–Crippen LogP) is 4.01. The summed E-state index contributed by atoms with van der Waals surface area (Å²) >= 11 is 1.64. The highest BCUT2D eigenvalue weighted by Crippen LogP contribution is 2.36. The van der Waals surface area contributed by atoms with Crippen molar-refractivity contribution in [3.63, 3.8) is 0 Å². The molecule has 24 heavy (non-hydrogen) atoms. The predicted molar refractivity (Wildman–Crippen MR) is 92.6 cm³/mol. The number of aromatic amines is 1.